The van der Waals surface area contributed by atoms with E-state index in [1.54, 1.807) is 11.3 Å². The highest BCUT2D eigenvalue weighted by Crippen LogP contribution is 2.25. The number of benzene rings is 2. The van der Waals surface area contributed by atoms with Gasteiger partial charge in [-0.3, -0.25) is 4.79 Å². The average molecular weight is 393 g/mol. The lowest BCUT2D eigenvalue weighted by Crippen LogP contribution is -2.08. The Kier molecular flexibility index (Phi) is 5.37. The summed E-state index contributed by atoms with van der Waals surface area (Å²) in [6, 6.07) is 19.9. The smallest absolute Gasteiger partial charge is 0.312 e. The Morgan fingerprint density at radius 3 is 1.89 bits per heavy atom. The summed E-state index contributed by atoms with van der Waals surface area (Å²) < 4.78 is 5.37. The molecule has 0 atom stereocenters. The van der Waals surface area contributed by atoms with Crippen molar-refractivity contribution in [3.05, 3.63) is 82.8 Å². The Hall–Kier alpha value is -2.83. The molecule has 2 aromatic carbocycles. The van der Waals surface area contributed by atoms with E-state index >= 15 is 0 Å². The van der Waals surface area contributed by atoms with E-state index in [9.17, 15) is 4.79 Å². The number of thiazole rings is 2. The van der Waals surface area contributed by atoms with Crippen LogP contribution in [0.1, 0.15) is 11.4 Å². The minimum atomic E-state index is -0.297. The molecule has 0 amide bonds. The summed E-state index contributed by atoms with van der Waals surface area (Å²) in [5.74, 6) is -0.297. The summed E-state index contributed by atoms with van der Waals surface area (Å²) in [5, 5.41) is 5.66. The molecule has 0 aliphatic heterocycles. The summed E-state index contributed by atoms with van der Waals surface area (Å²) in [6.45, 7) is 0.178. The lowest BCUT2D eigenvalue weighted by Gasteiger charge is -2.01. The van der Waals surface area contributed by atoms with Crippen LogP contribution in [-0.4, -0.2) is 15.9 Å². The number of ether oxygens (including phenoxy) is 1. The van der Waals surface area contributed by atoms with Crippen molar-refractivity contribution in [3.8, 4) is 21.1 Å². The van der Waals surface area contributed by atoms with E-state index < -0.39 is 0 Å². The van der Waals surface area contributed by atoms with Gasteiger partial charge in [0.1, 0.15) is 16.6 Å². The van der Waals surface area contributed by atoms with Gasteiger partial charge in [0.15, 0.2) is 0 Å². The van der Waals surface area contributed by atoms with E-state index in [1.165, 1.54) is 11.3 Å². The van der Waals surface area contributed by atoms with Crippen LogP contribution in [-0.2, 0) is 22.6 Å². The lowest BCUT2D eigenvalue weighted by molar-refractivity contribution is -0.144. The van der Waals surface area contributed by atoms with Crippen molar-refractivity contribution in [3.63, 3.8) is 0 Å². The number of carbonyl (C=O) groups is 1. The second-order valence-corrected chi connectivity index (χ2v) is 7.57. The van der Waals surface area contributed by atoms with E-state index in [1.807, 2.05) is 71.4 Å². The van der Waals surface area contributed by atoms with Crippen LogP contribution >= 0.6 is 22.7 Å². The summed E-state index contributed by atoms with van der Waals surface area (Å²) >= 11 is 3.08. The highest BCUT2D eigenvalue weighted by atomic mass is 32.1. The van der Waals surface area contributed by atoms with E-state index in [0.29, 0.717) is 0 Å². The molecular formula is C21H16N2O2S2. The molecule has 0 unspecified atom stereocenters. The third-order valence-electron chi connectivity index (χ3n) is 3.85. The first-order valence-electron chi connectivity index (χ1n) is 8.43. The van der Waals surface area contributed by atoms with Gasteiger partial charge in [-0.2, -0.15) is 0 Å². The average Bonchev–Trinajstić information content (AvgIpc) is 3.37. The van der Waals surface area contributed by atoms with Crippen molar-refractivity contribution in [2.24, 2.45) is 0 Å². The molecule has 0 saturated carbocycles. The third kappa shape index (κ3) is 4.48. The lowest BCUT2D eigenvalue weighted by atomic mass is 10.2. The van der Waals surface area contributed by atoms with Crippen molar-refractivity contribution in [2.75, 3.05) is 0 Å². The summed E-state index contributed by atoms with van der Waals surface area (Å²) in [5.41, 5.74) is 3.61. The molecular weight excluding hydrogens is 376 g/mol. The van der Waals surface area contributed by atoms with Crippen molar-refractivity contribution >= 4 is 28.6 Å². The molecule has 0 spiro atoms. The van der Waals surface area contributed by atoms with Gasteiger partial charge in [0.2, 0.25) is 0 Å². The normalized spacial score (nSPS) is 10.7. The van der Waals surface area contributed by atoms with Gasteiger partial charge in [-0.15, -0.1) is 22.7 Å². The molecule has 0 aliphatic carbocycles. The number of hydrogen-bond donors (Lipinski definition) is 0. The molecule has 134 valence electrons. The molecule has 4 rings (SSSR count). The third-order valence-corrected chi connectivity index (χ3v) is 5.73. The van der Waals surface area contributed by atoms with Crippen LogP contribution in [0.5, 0.6) is 0 Å². The maximum atomic E-state index is 12.1. The van der Waals surface area contributed by atoms with E-state index in [2.05, 4.69) is 9.97 Å². The Bertz CT molecular complexity index is 1030. The monoisotopic (exact) mass is 392 g/mol. The second-order valence-electron chi connectivity index (χ2n) is 5.86. The van der Waals surface area contributed by atoms with Crippen LogP contribution in [0, 0.1) is 0 Å². The first kappa shape index (κ1) is 17.6. The highest BCUT2D eigenvalue weighted by molar-refractivity contribution is 7.13. The molecule has 0 saturated heterocycles. The molecule has 4 nitrogen and oxygen atoms in total. The fraction of sp³-hybridized carbons (Fsp3) is 0.0952. The van der Waals surface area contributed by atoms with Crippen LogP contribution in [0.15, 0.2) is 71.4 Å². The molecule has 2 aromatic heterocycles. The van der Waals surface area contributed by atoms with Gasteiger partial charge < -0.3 is 4.74 Å². The van der Waals surface area contributed by atoms with Crippen molar-refractivity contribution in [2.45, 2.75) is 13.0 Å². The SMILES string of the molecule is O=C(Cc1csc(-c2ccccc2)n1)OCc1csc(-c2ccccc2)n1. The minimum Gasteiger partial charge on any atom is -0.459 e. The number of hydrogen-bond acceptors (Lipinski definition) is 6. The summed E-state index contributed by atoms with van der Waals surface area (Å²) in [4.78, 5) is 21.2. The van der Waals surface area contributed by atoms with E-state index in [4.69, 9.17) is 4.74 Å². The minimum absolute atomic E-state index is 0.166. The number of carbonyl (C=O) groups excluding carboxylic acids is 1. The number of aromatic nitrogens is 2. The van der Waals surface area contributed by atoms with E-state index in [0.717, 1.165) is 32.5 Å². The number of esters is 1. The summed E-state index contributed by atoms with van der Waals surface area (Å²) in [6.07, 6.45) is 0.166. The molecule has 0 N–H and O–H groups in total. The maximum Gasteiger partial charge on any atom is 0.312 e. The molecule has 0 aliphatic rings. The Morgan fingerprint density at radius 1 is 0.778 bits per heavy atom. The predicted molar refractivity (Wildman–Crippen MR) is 109 cm³/mol. The molecule has 0 bridgehead atoms. The summed E-state index contributed by atoms with van der Waals surface area (Å²) in [7, 11) is 0. The zero-order valence-electron chi connectivity index (χ0n) is 14.4. The van der Waals surface area contributed by atoms with Gasteiger partial charge in [-0.1, -0.05) is 60.7 Å². The van der Waals surface area contributed by atoms with Gasteiger partial charge >= 0.3 is 5.97 Å². The molecule has 0 radical (unpaired) electrons. The van der Waals surface area contributed by atoms with Gasteiger partial charge in [-0.25, -0.2) is 9.97 Å². The van der Waals surface area contributed by atoms with Crippen LogP contribution < -0.4 is 0 Å². The Labute approximate surface area is 165 Å². The largest absolute Gasteiger partial charge is 0.459 e. The fourth-order valence-corrected chi connectivity index (χ4v) is 4.18. The topological polar surface area (TPSA) is 52.1 Å². The predicted octanol–water partition coefficient (Wildman–Crippen LogP) is 5.22. The van der Waals surface area contributed by atoms with Crippen molar-refractivity contribution in [1.29, 1.82) is 0 Å². The van der Waals surface area contributed by atoms with Gasteiger partial charge in [0, 0.05) is 21.9 Å². The molecule has 27 heavy (non-hydrogen) atoms. The molecule has 0 fully saturated rings. The Morgan fingerprint density at radius 2 is 1.30 bits per heavy atom. The quantitative estimate of drug-likeness (QED) is 0.422. The first-order chi connectivity index (χ1) is 13.3. The molecule has 6 heteroatoms. The van der Waals surface area contributed by atoms with Crippen LogP contribution in [0.25, 0.3) is 21.1 Å². The van der Waals surface area contributed by atoms with Crippen LogP contribution in [0.4, 0.5) is 0 Å². The Balaban J connectivity index is 1.33. The maximum absolute atomic E-state index is 12.1. The van der Waals surface area contributed by atoms with Crippen LogP contribution in [0.3, 0.4) is 0 Å². The van der Waals surface area contributed by atoms with Gasteiger partial charge in [-0.05, 0) is 0 Å². The van der Waals surface area contributed by atoms with Crippen molar-refractivity contribution in [1.82, 2.24) is 9.97 Å². The van der Waals surface area contributed by atoms with Crippen LogP contribution in [0.2, 0.25) is 0 Å². The zero-order valence-corrected chi connectivity index (χ0v) is 16.0. The molecule has 4 aromatic rings. The zero-order chi connectivity index (χ0) is 18.5. The van der Waals surface area contributed by atoms with Crippen molar-refractivity contribution < 1.29 is 9.53 Å². The number of rotatable bonds is 6. The second kappa shape index (κ2) is 8.24. The fourth-order valence-electron chi connectivity index (χ4n) is 2.54. The standard InChI is InChI=1S/C21H16N2O2S2/c24-19(11-17-13-26-20(22-17)15-7-3-1-4-8-15)25-12-18-14-27-21(23-18)16-9-5-2-6-10-16/h1-10,13-14H,11-12H2. The van der Waals surface area contributed by atoms with Gasteiger partial charge in [0.05, 0.1) is 17.8 Å². The highest BCUT2D eigenvalue weighted by Gasteiger charge is 2.11. The number of nitrogens with zero attached hydrogens (tertiary/aromatic N) is 2. The first-order valence-corrected chi connectivity index (χ1v) is 10.2. The van der Waals surface area contributed by atoms with E-state index in [-0.39, 0.29) is 19.0 Å². The molecule has 2 heterocycles. The van der Waals surface area contributed by atoms with Gasteiger partial charge in [0.25, 0.3) is 0 Å².